The number of sulfone groups is 1. The molecule has 2 amide bonds. The van der Waals surface area contributed by atoms with Gasteiger partial charge in [0.2, 0.25) is 0 Å². The van der Waals surface area contributed by atoms with Gasteiger partial charge < -0.3 is 29.0 Å². The Labute approximate surface area is 332 Å². The number of amides is 2. The Kier molecular flexibility index (Phi) is 14.7. The molecule has 3 atom stereocenters. The quantitative estimate of drug-likeness (QED) is 0.0825. The van der Waals surface area contributed by atoms with E-state index in [-0.39, 0.29) is 16.4 Å². The lowest BCUT2D eigenvalue weighted by Gasteiger charge is -2.40. The Bertz CT molecular complexity index is 1880. The Morgan fingerprint density at radius 2 is 1.55 bits per heavy atom. The van der Waals surface area contributed by atoms with Crippen LogP contribution in [-0.2, 0) is 33.5 Å². The SMILES string of the molecule is CCCCC1(CC)CN(c2ccccc2)c2cc(SC)c(OCC(=O)N[C@@H](C(=O)NC(OC(C)(C)C)(OC(C)(C)C)[PH2]=O)c3ccccc3)cc2S(=O)(=O)C1. The molecule has 11 nitrogen and oxygen atoms in total. The van der Waals surface area contributed by atoms with Crippen molar-refractivity contribution in [2.75, 3.05) is 30.1 Å². The van der Waals surface area contributed by atoms with Crippen molar-refractivity contribution in [3.05, 3.63) is 78.4 Å². The molecule has 14 heteroatoms. The number of rotatable bonds is 16. The molecule has 0 aromatic heterocycles. The van der Waals surface area contributed by atoms with Crippen LogP contribution in [0.1, 0.15) is 92.7 Å². The van der Waals surface area contributed by atoms with Crippen molar-refractivity contribution in [2.24, 2.45) is 5.41 Å². The van der Waals surface area contributed by atoms with E-state index in [1.165, 1.54) is 17.8 Å². The number of hydrogen-bond donors (Lipinski definition) is 2. The van der Waals surface area contributed by atoms with Crippen LogP contribution in [-0.4, -0.2) is 62.2 Å². The number of anilines is 2. The van der Waals surface area contributed by atoms with E-state index in [1.54, 1.807) is 71.9 Å². The summed E-state index contributed by atoms with van der Waals surface area (Å²) in [5.41, 5.74) is -2.21. The number of unbranched alkanes of at least 4 members (excludes halogenated alkanes) is 1. The minimum atomic E-state index is -3.80. The van der Waals surface area contributed by atoms with Crippen LogP contribution in [0.3, 0.4) is 0 Å². The molecule has 55 heavy (non-hydrogen) atoms. The summed E-state index contributed by atoms with van der Waals surface area (Å²) in [5, 5.41) is 5.45. The first kappa shape index (κ1) is 44.4. The summed E-state index contributed by atoms with van der Waals surface area (Å²) < 4.78 is 59.7. The molecule has 3 aromatic rings. The molecular formula is C41H58N3O8PS2. The normalized spacial score (nSPS) is 18.0. The van der Waals surface area contributed by atoms with Crippen LogP contribution in [0.5, 0.6) is 5.75 Å². The van der Waals surface area contributed by atoms with Gasteiger partial charge in [0.05, 0.1) is 32.4 Å². The summed E-state index contributed by atoms with van der Waals surface area (Å²) in [7, 11) is -5.65. The molecule has 1 heterocycles. The summed E-state index contributed by atoms with van der Waals surface area (Å²) in [6, 6.07) is 20.5. The highest BCUT2D eigenvalue weighted by Gasteiger charge is 2.44. The zero-order chi connectivity index (χ0) is 40.7. The van der Waals surface area contributed by atoms with E-state index in [1.807, 2.05) is 42.7 Å². The average molecular weight is 816 g/mol. The Morgan fingerprint density at radius 1 is 0.945 bits per heavy atom. The smallest absolute Gasteiger partial charge is 0.301 e. The molecule has 2 N–H and O–H groups in total. The highest BCUT2D eigenvalue weighted by molar-refractivity contribution is 7.98. The van der Waals surface area contributed by atoms with Gasteiger partial charge in [0.25, 0.3) is 11.8 Å². The van der Waals surface area contributed by atoms with Crippen LogP contribution in [0, 0.1) is 5.41 Å². The second-order valence-electron chi connectivity index (χ2n) is 16.0. The number of carbonyl (C=O) groups is 2. The predicted molar refractivity (Wildman–Crippen MR) is 222 cm³/mol. The third-order valence-electron chi connectivity index (χ3n) is 9.17. The van der Waals surface area contributed by atoms with Crippen molar-refractivity contribution >= 4 is 53.2 Å². The molecule has 2 unspecified atom stereocenters. The van der Waals surface area contributed by atoms with Gasteiger partial charge in [-0.2, -0.15) is 0 Å². The Morgan fingerprint density at radius 3 is 2.07 bits per heavy atom. The van der Waals surface area contributed by atoms with Crippen LogP contribution >= 0.6 is 20.2 Å². The van der Waals surface area contributed by atoms with Crippen molar-refractivity contribution in [1.29, 1.82) is 0 Å². The summed E-state index contributed by atoms with van der Waals surface area (Å²) in [5.74, 6) is -1.12. The predicted octanol–water partition coefficient (Wildman–Crippen LogP) is 8.27. The zero-order valence-corrected chi connectivity index (χ0v) is 36.4. The van der Waals surface area contributed by atoms with Crippen LogP contribution in [0.2, 0.25) is 0 Å². The number of thioether (sulfide) groups is 1. The second-order valence-corrected chi connectivity index (χ2v) is 19.8. The fourth-order valence-corrected chi connectivity index (χ4v) is 10.5. The lowest BCUT2D eigenvalue weighted by Crippen LogP contribution is -2.57. The average Bonchev–Trinajstić information content (AvgIpc) is 3.22. The fourth-order valence-electron chi connectivity index (χ4n) is 6.74. The number of hydrogen-bond acceptors (Lipinski definition) is 10. The van der Waals surface area contributed by atoms with Gasteiger partial charge in [0, 0.05) is 23.7 Å². The van der Waals surface area contributed by atoms with Crippen molar-refractivity contribution in [2.45, 2.75) is 114 Å². The van der Waals surface area contributed by atoms with Crippen molar-refractivity contribution in [1.82, 2.24) is 10.6 Å². The number of carbonyl (C=O) groups excluding carboxylic acids is 2. The standard InChI is InChI=1S/C41H58N3O8PS2/c1-10-12-23-40(11-2)27-44(30-21-17-14-18-22-30)31-24-33(54-9)32(25-34(31)55(48,49)28-40)50-26-35(45)42-36(29-19-15-13-16-20-29)37(46)43-41(53-47,51-38(3,4)5)52-39(6,7)8/h13-22,24-25,36H,10-12,23,26-28,53H2,1-9H3,(H,42,45)(H,43,46)/t36-,40?/m1/s1. The lowest BCUT2D eigenvalue weighted by molar-refractivity contribution is -0.272. The molecule has 302 valence electrons. The number of para-hydroxylation sites is 1. The number of nitrogens with zero attached hydrogens (tertiary/aromatic N) is 1. The van der Waals surface area contributed by atoms with Crippen LogP contribution in [0.25, 0.3) is 0 Å². The van der Waals surface area contributed by atoms with E-state index >= 15 is 0 Å². The van der Waals surface area contributed by atoms with Crippen LogP contribution < -0.4 is 20.3 Å². The van der Waals surface area contributed by atoms with E-state index < -0.39 is 65.0 Å². The highest BCUT2D eigenvalue weighted by atomic mass is 32.2. The molecule has 3 aromatic carbocycles. The Hall–Kier alpha value is -3.35. The van der Waals surface area contributed by atoms with Gasteiger partial charge in [0.1, 0.15) is 20.3 Å². The van der Waals surface area contributed by atoms with Crippen molar-refractivity contribution in [3.63, 3.8) is 0 Å². The monoisotopic (exact) mass is 815 g/mol. The molecule has 0 fully saturated rings. The maximum Gasteiger partial charge on any atom is 0.301 e. The van der Waals surface area contributed by atoms with Gasteiger partial charge in [-0.3, -0.25) is 14.9 Å². The molecule has 0 spiro atoms. The largest absolute Gasteiger partial charge is 0.483 e. The van der Waals surface area contributed by atoms with E-state index in [2.05, 4.69) is 29.4 Å². The minimum Gasteiger partial charge on any atom is -0.483 e. The van der Waals surface area contributed by atoms with Gasteiger partial charge in [-0.15, -0.1) is 11.8 Å². The van der Waals surface area contributed by atoms with E-state index in [0.29, 0.717) is 29.1 Å². The molecule has 0 bridgehead atoms. The topological polar surface area (TPSA) is 140 Å². The van der Waals surface area contributed by atoms with Crippen molar-refractivity contribution < 1.29 is 36.8 Å². The number of benzene rings is 3. The first-order chi connectivity index (χ1) is 25.8. The molecule has 1 aliphatic rings. The lowest BCUT2D eigenvalue weighted by atomic mass is 9.81. The third kappa shape index (κ3) is 11.8. The van der Waals surface area contributed by atoms with E-state index in [9.17, 15) is 22.6 Å². The molecule has 1 aliphatic heterocycles. The minimum absolute atomic E-state index is 0.0103. The van der Waals surface area contributed by atoms with Gasteiger partial charge in [-0.25, -0.2) is 8.42 Å². The van der Waals surface area contributed by atoms with Gasteiger partial charge in [-0.05, 0) is 84.4 Å². The molecule has 0 aliphatic carbocycles. The zero-order valence-electron chi connectivity index (χ0n) is 33.6. The van der Waals surface area contributed by atoms with Gasteiger partial charge >= 0.3 is 5.65 Å². The van der Waals surface area contributed by atoms with Gasteiger partial charge in [-0.1, -0.05) is 75.2 Å². The molecule has 4 rings (SSSR count). The molecule has 0 saturated carbocycles. The first-order valence-electron chi connectivity index (χ1n) is 18.7. The van der Waals surface area contributed by atoms with E-state index in [4.69, 9.17) is 14.2 Å². The van der Waals surface area contributed by atoms with E-state index in [0.717, 1.165) is 24.9 Å². The summed E-state index contributed by atoms with van der Waals surface area (Å²) in [6.07, 6.45) is 5.20. The molecule has 0 saturated heterocycles. The summed E-state index contributed by atoms with van der Waals surface area (Å²) in [6.45, 7) is 14.7. The highest BCUT2D eigenvalue weighted by Crippen LogP contribution is 2.47. The first-order valence-corrected chi connectivity index (χ1v) is 22.6. The molecular weight excluding hydrogens is 758 g/mol. The second kappa shape index (κ2) is 18.3. The number of nitrogens with one attached hydrogen (secondary N) is 2. The van der Waals surface area contributed by atoms with Crippen LogP contribution in [0.4, 0.5) is 11.4 Å². The number of fused-ring (bicyclic) bond motifs is 1. The van der Waals surface area contributed by atoms with Crippen LogP contribution in [0.15, 0.2) is 82.6 Å². The summed E-state index contributed by atoms with van der Waals surface area (Å²) in [4.78, 5) is 30.6. The fraction of sp³-hybridized carbons (Fsp3) is 0.512. The van der Waals surface area contributed by atoms with Gasteiger partial charge in [0.15, 0.2) is 16.4 Å². The summed E-state index contributed by atoms with van der Waals surface area (Å²) >= 11 is 1.38. The third-order valence-corrected chi connectivity index (χ3v) is 12.6. The maximum atomic E-state index is 14.3. The Balaban J connectivity index is 1.67. The number of ether oxygens (including phenoxy) is 3. The molecule has 0 radical (unpaired) electrons. The van der Waals surface area contributed by atoms with Crippen molar-refractivity contribution in [3.8, 4) is 5.75 Å². The maximum absolute atomic E-state index is 14.3.